The molecule has 4 rings (SSSR count). The zero-order valence-electron chi connectivity index (χ0n) is 21.0. The van der Waals surface area contributed by atoms with Gasteiger partial charge in [0.25, 0.3) is 0 Å². The van der Waals surface area contributed by atoms with Gasteiger partial charge < -0.3 is 25.6 Å². The van der Waals surface area contributed by atoms with Gasteiger partial charge in [0.15, 0.2) is 0 Å². The minimum atomic E-state index is -0.298. The maximum Gasteiger partial charge on any atom is 0.321 e. The van der Waals surface area contributed by atoms with Gasteiger partial charge in [0.1, 0.15) is 0 Å². The van der Waals surface area contributed by atoms with Crippen LogP contribution in [-0.4, -0.2) is 49.3 Å². The number of carbonyl (C=O) groups is 2. The molecule has 2 aromatic carbocycles. The van der Waals surface area contributed by atoms with Crippen LogP contribution in [0.25, 0.3) is 0 Å². The summed E-state index contributed by atoms with van der Waals surface area (Å²) < 4.78 is 6.39. The van der Waals surface area contributed by atoms with Crippen LogP contribution in [0.15, 0.2) is 60.7 Å². The summed E-state index contributed by atoms with van der Waals surface area (Å²) in [6, 6.07) is 18.2. The molecule has 4 amide bonds. The number of hydrogen-bond acceptors (Lipinski definition) is 3. The highest BCUT2D eigenvalue weighted by Crippen LogP contribution is 2.66. The van der Waals surface area contributed by atoms with E-state index in [0.717, 1.165) is 17.8 Å². The quantitative estimate of drug-likeness (QED) is 0.440. The van der Waals surface area contributed by atoms with Crippen LogP contribution in [0.4, 0.5) is 21.0 Å². The number of amides is 4. The standard InChI is InChI=1S/C28H38N4O3/c1-27(2)21-14-15-28(27,3)24(20-21)35-19-18-32(26(34)31-23-12-8-5-9-13-23)17-16-29-25(33)30-22-10-6-4-7-11-22/h4-13,21,24H,14-20H2,1-3H3,(H,31,34)(H2,29,30,33)/t21-,24-,28+/m0/s1. The predicted octanol–water partition coefficient (Wildman–Crippen LogP) is 5.57. The number of nitrogens with zero attached hydrogens (tertiary/aromatic N) is 1. The van der Waals surface area contributed by atoms with E-state index in [-0.39, 0.29) is 29.0 Å². The Labute approximate surface area is 208 Å². The van der Waals surface area contributed by atoms with Gasteiger partial charge in [-0.15, -0.1) is 0 Å². The van der Waals surface area contributed by atoms with Gasteiger partial charge >= 0.3 is 12.1 Å². The van der Waals surface area contributed by atoms with Gasteiger partial charge in [-0.05, 0) is 60.3 Å². The number of anilines is 2. The molecular weight excluding hydrogens is 440 g/mol. The van der Waals surface area contributed by atoms with Crippen molar-refractivity contribution in [3.05, 3.63) is 60.7 Å². The highest BCUT2D eigenvalue weighted by Gasteiger charge is 2.61. The first-order valence-electron chi connectivity index (χ1n) is 12.6. The van der Waals surface area contributed by atoms with E-state index >= 15 is 0 Å². The summed E-state index contributed by atoms with van der Waals surface area (Å²) in [4.78, 5) is 27.0. The molecule has 0 radical (unpaired) electrons. The van der Waals surface area contributed by atoms with Crippen molar-refractivity contribution in [2.75, 3.05) is 36.9 Å². The molecule has 0 heterocycles. The van der Waals surface area contributed by atoms with E-state index in [4.69, 9.17) is 4.74 Å². The van der Waals surface area contributed by atoms with E-state index in [1.54, 1.807) is 4.90 Å². The second-order valence-electron chi connectivity index (χ2n) is 10.5. The minimum Gasteiger partial charge on any atom is -0.376 e. The van der Waals surface area contributed by atoms with E-state index in [9.17, 15) is 9.59 Å². The van der Waals surface area contributed by atoms with Crippen molar-refractivity contribution in [3.8, 4) is 0 Å². The van der Waals surface area contributed by atoms with Crippen molar-refractivity contribution >= 4 is 23.4 Å². The summed E-state index contributed by atoms with van der Waals surface area (Å²) in [7, 11) is 0. The van der Waals surface area contributed by atoms with Crippen LogP contribution in [-0.2, 0) is 4.74 Å². The predicted molar refractivity (Wildman–Crippen MR) is 139 cm³/mol. The van der Waals surface area contributed by atoms with Gasteiger partial charge in [0.05, 0.1) is 12.7 Å². The van der Waals surface area contributed by atoms with Gasteiger partial charge in [-0.3, -0.25) is 0 Å². The molecule has 2 aromatic rings. The fraction of sp³-hybridized carbons (Fsp3) is 0.500. The third-order valence-corrected chi connectivity index (χ3v) is 8.41. The molecule has 7 nitrogen and oxygen atoms in total. The highest BCUT2D eigenvalue weighted by molar-refractivity contribution is 5.90. The molecule has 3 N–H and O–H groups in total. The fourth-order valence-corrected chi connectivity index (χ4v) is 5.73. The Morgan fingerprint density at radius 3 is 2.14 bits per heavy atom. The molecule has 0 saturated heterocycles. The van der Waals surface area contributed by atoms with Crippen molar-refractivity contribution in [1.29, 1.82) is 0 Å². The van der Waals surface area contributed by atoms with E-state index < -0.39 is 0 Å². The maximum absolute atomic E-state index is 13.0. The van der Waals surface area contributed by atoms with Crippen molar-refractivity contribution in [1.82, 2.24) is 10.2 Å². The number of carbonyl (C=O) groups excluding carboxylic acids is 2. The van der Waals surface area contributed by atoms with Crippen LogP contribution in [0.3, 0.4) is 0 Å². The molecule has 2 saturated carbocycles. The number of fused-ring (bicyclic) bond motifs is 2. The first kappa shape index (κ1) is 25.0. The molecule has 35 heavy (non-hydrogen) atoms. The Kier molecular flexibility index (Phi) is 7.65. The maximum atomic E-state index is 13.0. The Balaban J connectivity index is 1.30. The van der Waals surface area contributed by atoms with E-state index in [2.05, 4.69) is 36.7 Å². The summed E-state index contributed by atoms with van der Waals surface area (Å²) in [6.07, 6.45) is 3.81. The summed E-state index contributed by atoms with van der Waals surface area (Å²) in [5, 5.41) is 8.59. The second kappa shape index (κ2) is 10.7. The largest absolute Gasteiger partial charge is 0.376 e. The van der Waals surface area contributed by atoms with Gasteiger partial charge in [0, 0.05) is 31.0 Å². The van der Waals surface area contributed by atoms with Crippen molar-refractivity contribution < 1.29 is 14.3 Å². The first-order chi connectivity index (χ1) is 16.8. The number of rotatable bonds is 9. The molecule has 2 aliphatic rings. The zero-order valence-corrected chi connectivity index (χ0v) is 21.0. The summed E-state index contributed by atoms with van der Waals surface area (Å²) in [5.41, 5.74) is 1.93. The van der Waals surface area contributed by atoms with Crippen LogP contribution in [0.1, 0.15) is 40.0 Å². The van der Waals surface area contributed by atoms with Gasteiger partial charge in [-0.1, -0.05) is 57.2 Å². The monoisotopic (exact) mass is 478 g/mol. The molecule has 0 spiro atoms. The molecule has 188 valence electrons. The third kappa shape index (κ3) is 5.61. The van der Waals surface area contributed by atoms with Crippen molar-refractivity contribution in [2.24, 2.45) is 16.7 Å². The van der Waals surface area contributed by atoms with Crippen molar-refractivity contribution in [3.63, 3.8) is 0 Å². The normalized spacial score (nSPS) is 24.1. The first-order valence-corrected chi connectivity index (χ1v) is 12.6. The molecule has 3 atom stereocenters. The SMILES string of the molecule is CC1(C)[C@H]2CC[C@]1(C)[C@@H](OCCN(CCNC(=O)Nc1ccccc1)C(=O)Nc1ccccc1)C2. The fourth-order valence-electron chi connectivity index (χ4n) is 5.73. The second-order valence-corrected chi connectivity index (χ2v) is 10.5. The molecule has 2 fully saturated rings. The Hall–Kier alpha value is -3.06. The van der Waals surface area contributed by atoms with Crippen LogP contribution in [0.2, 0.25) is 0 Å². The smallest absolute Gasteiger partial charge is 0.321 e. The number of para-hydroxylation sites is 2. The third-order valence-electron chi connectivity index (χ3n) is 8.41. The highest BCUT2D eigenvalue weighted by atomic mass is 16.5. The van der Waals surface area contributed by atoms with Crippen molar-refractivity contribution in [2.45, 2.75) is 46.1 Å². The Morgan fingerprint density at radius 1 is 0.943 bits per heavy atom. The summed E-state index contributed by atoms with van der Waals surface area (Å²) >= 11 is 0. The van der Waals surface area contributed by atoms with Gasteiger partial charge in [-0.2, -0.15) is 0 Å². The molecular formula is C28H38N4O3. The Bertz CT molecular complexity index is 998. The van der Waals surface area contributed by atoms with Crippen LogP contribution in [0.5, 0.6) is 0 Å². The zero-order chi connectivity index (χ0) is 24.9. The molecule has 7 heteroatoms. The number of ether oxygens (including phenoxy) is 1. The van der Waals surface area contributed by atoms with E-state index in [1.165, 1.54) is 12.8 Å². The average Bonchev–Trinajstić information content (AvgIpc) is 3.18. The number of nitrogens with one attached hydrogen (secondary N) is 3. The number of hydrogen-bond donors (Lipinski definition) is 3. The van der Waals surface area contributed by atoms with E-state index in [1.807, 2.05) is 60.7 Å². The van der Waals surface area contributed by atoms with E-state index in [0.29, 0.717) is 32.2 Å². The molecule has 2 aliphatic carbocycles. The summed E-state index contributed by atoms with van der Waals surface area (Å²) in [5.74, 6) is 0.710. The lowest BCUT2D eigenvalue weighted by Gasteiger charge is -2.39. The van der Waals surface area contributed by atoms with Crippen LogP contribution >= 0.6 is 0 Å². The molecule has 0 aromatic heterocycles. The van der Waals surface area contributed by atoms with Crippen LogP contribution in [0, 0.1) is 16.7 Å². The summed E-state index contributed by atoms with van der Waals surface area (Å²) in [6.45, 7) is 8.75. The topological polar surface area (TPSA) is 82.7 Å². The lowest BCUT2D eigenvalue weighted by atomic mass is 9.70. The minimum absolute atomic E-state index is 0.186. The average molecular weight is 479 g/mol. The van der Waals surface area contributed by atoms with Crippen LogP contribution < -0.4 is 16.0 Å². The molecule has 0 aliphatic heterocycles. The van der Waals surface area contributed by atoms with Gasteiger partial charge in [0.2, 0.25) is 0 Å². The number of urea groups is 2. The molecule has 2 bridgehead atoms. The Morgan fingerprint density at radius 2 is 1.57 bits per heavy atom. The van der Waals surface area contributed by atoms with Gasteiger partial charge in [-0.25, -0.2) is 9.59 Å². The lowest BCUT2D eigenvalue weighted by molar-refractivity contribution is -0.0494. The molecule has 0 unspecified atom stereocenters. The lowest BCUT2D eigenvalue weighted by Crippen LogP contribution is -2.44. The number of benzene rings is 2.